The van der Waals surface area contributed by atoms with Crippen LogP contribution in [-0.2, 0) is 25.7 Å². The van der Waals surface area contributed by atoms with Gasteiger partial charge in [0.25, 0.3) is 11.8 Å². The molecule has 2 aromatic rings. The molecule has 1 aliphatic rings. The number of ether oxygens (including phenoxy) is 1. The predicted octanol–water partition coefficient (Wildman–Crippen LogP) is 1.85. The van der Waals surface area contributed by atoms with E-state index in [1.807, 2.05) is 24.3 Å². The molecule has 0 radical (unpaired) electrons. The van der Waals surface area contributed by atoms with Crippen LogP contribution in [-0.4, -0.2) is 45.5 Å². The molecule has 1 aromatic carbocycles. The number of aromatic nitrogens is 1. The molecule has 27 heavy (non-hydrogen) atoms. The topological polar surface area (TPSA) is 80.6 Å². The van der Waals surface area contributed by atoms with Crippen molar-refractivity contribution in [2.45, 2.75) is 20.4 Å². The Bertz CT molecular complexity index is 976. The van der Waals surface area contributed by atoms with E-state index in [0.717, 1.165) is 10.9 Å². The number of nitrogens with one attached hydrogen (secondary N) is 1. The number of hydrogen-bond acceptors (Lipinski definition) is 5. The number of thiocarbonyl (C=S) groups is 1. The molecule has 0 saturated carbocycles. The highest BCUT2D eigenvalue weighted by Gasteiger charge is 2.32. The summed E-state index contributed by atoms with van der Waals surface area (Å²) in [5.74, 6) is -1.32. The third-order valence-electron chi connectivity index (χ3n) is 4.23. The molecule has 140 valence electrons. The minimum absolute atomic E-state index is 0.00416. The van der Waals surface area contributed by atoms with E-state index in [0.29, 0.717) is 18.7 Å². The number of benzene rings is 1. The van der Waals surface area contributed by atoms with Crippen molar-refractivity contribution in [3.8, 4) is 0 Å². The molecular weight excluding hydrogens is 366 g/mol. The highest BCUT2D eigenvalue weighted by atomic mass is 32.1. The Balaban J connectivity index is 2.05. The van der Waals surface area contributed by atoms with Crippen LogP contribution in [0, 0.1) is 0 Å². The van der Waals surface area contributed by atoms with E-state index in [4.69, 9.17) is 17.0 Å². The fraction of sp³-hybridized carbons (Fsp3) is 0.263. The molecule has 0 spiro atoms. The first-order valence-corrected chi connectivity index (χ1v) is 8.99. The first-order chi connectivity index (χ1) is 13.0. The van der Waals surface area contributed by atoms with Crippen LogP contribution in [0.2, 0.25) is 0 Å². The largest absolute Gasteiger partial charge is 0.465 e. The second-order valence-corrected chi connectivity index (χ2v) is 6.29. The number of carbonyl (C=O) groups excluding carboxylic acids is 3. The Labute approximate surface area is 161 Å². The van der Waals surface area contributed by atoms with Crippen LogP contribution < -0.4 is 5.32 Å². The van der Waals surface area contributed by atoms with Gasteiger partial charge in [-0.1, -0.05) is 18.2 Å². The lowest BCUT2D eigenvalue weighted by Gasteiger charge is -2.27. The number of nitrogens with zero attached hydrogens (tertiary/aromatic N) is 2. The molecule has 8 heteroatoms. The number of hydrogen-bond donors (Lipinski definition) is 1. The fourth-order valence-electron chi connectivity index (χ4n) is 3.00. The van der Waals surface area contributed by atoms with Gasteiger partial charge in [0.2, 0.25) is 0 Å². The first kappa shape index (κ1) is 18.8. The van der Waals surface area contributed by atoms with Crippen molar-refractivity contribution in [3.05, 3.63) is 41.6 Å². The fourth-order valence-corrected chi connectivity index (χ4v) is 3.31. The van der Waals surface area contributed by atoms with Crippen LogP contribution in [0.3, 0.4) is 0 Å². The van der Waals surface area contributed by atoms with Gasteiger partial charge < -0.3 is 9.30 Å². The Morgan fingerprint density at radius 2 is 2.00 bits per heavy atom. The average molecular weight is 385 g/mol. The van der Waals surface area contributed by atoms with Crippen molar-refractivity contribution in [2.24, 2.45) is 0 Å². The van der Waals surface area contributed by atoms with Gasteiger partial charge in [-0.2, -0.15) is 0 Å². The summed E-state index contributed by atoms with van der Waals surface area (Å²) in [4.78, 5) is 38.1. The predicted molar refractivity (Wildman–Crippen MR) is 105 cm³/mol. The highest BCUT2D eigenvalue weighted by Crippen LogP contribution is 2.25. The monoisotopic (exact) mass is 385 g/mol. The molecule has 7 nitrogen and oxygen atoms in total. The average Bonchev–Trinajstić information content (AvgIpc) is 2.97. The molecule has 1 aromatic heterocycles. The summed E-state index contributed by atoms with van der Waals surface area (Å²) < 4.78 is 6.76. The minimum Gasteiger partial charge on any atom is -0.465 e. The summed E-state index contributed by atoms with van der Waals surface area (Å²) in [5, 5.41) is 3.46. The minimum atomic E-state index is -0.531. The van der Waals surface area contributed by atoms with Crippen molar-refractivity contribution in [1.29, 1.82) is 0 Å². The molecule has 1 saturated heterocycles. The van der Waals surface area contributed by atoms with E-state index in [9.17, 15) is 14.4 Å². The van der Waals surface area contributed by atoms with Gasteiger partial charge in [0.1, 0.15) is 12.1 Å². The van der Waals surface area contributed by atoms with E-state index in [1.54, 1.807) is 24.6 Å². The number of amides is 2. The summed E-state index contributed by atoms with van der Waals surface area (Å²) in [7, 11) is 0. The molecule has 1 N–H and O–H groups in total. The maximum atomic E-state index is 12.6. The van der Waals surface area contributed by atoms with Crippen molar-refractivity contribution in [2.75, 3.05) is 13.2 Å². The Kier molecular flexibility index (Phi) is 5.36. The number of rotatable bonds is 5. The first-order valence-electron chi connectivity index (χ1n) is 8.58. The van der Waals surface area contributed by atoms with E-state index >= 15 is 0 Å². The second kappa shape index (κ2) is 7.71. The highest BCUT2D eigenvalue weighted by molar-refractivity contribution is 7.80. The zero-order valence-electron chi connectivity index (χ0n) is 15.0. The lowest BCUT2D eigenvalue weighted by Crippen LogP contribution is -2.53. The van der Waals surface area contributed by atoms with E-state index in [-0.39, 0.29) is 23.2 Å². The van der Waals surface area contributed by atoms with Crippen LogP contribution >= 0.6 is 12.2 Å². The third kappa shape index (κ3) is 3.61. The van der Waals surface area contributed by atoms with Crippen LogP contribution in [0.25, 0.3) is 17.0 Å². The SMILES string of the molecule is CCOC(=O)Cn1cc(/C=C2\C(=O)NC(=S)N(CC)C2=O)c2ccccc21. The van der Waals surface area contributed by atoms with Crippen molar-refractivity contribution in [1.82, 2.24) is 14.8 Å². The van der Waals surface area contributed by atoms with Crippen LogP contribution in [0.1, 0.15) is 19.4 Å². The van der Waals surface area contributed by atoms with Crippen LogP contribution in [0.15, 0.2) is 36.0 Å². The zero-order chi connectivity index (χ0) is 19.6. The van der Waals surface area contributed by atoms with Crippen LogP contribution in [0.5, 0.6) is 0 Å². The van der Waals surface area contributed by atoms with Gasteiger partial charge in [0.05, 0.1) is 6.61 Å². The molecule has 1 aliphatic heterocycles. The Hall–Kier alpha value is -3.00. The van der Waals surface area contributed by atoms with Crippen LogP contribution in [0.4, 0.5) is 0 Å². The molecule has 0 atom stereocenters. The third-order valence-corrected chi connectivity index (χ3v) is 4.55. The van der Waals surface area contributed by atoms with Gasteiger partial charge >= 0.3 is 5.97 Å². The second-order valence-electron chi connectivity index (χ2n) is 5.90. The summed E-state index contributed by atoms with van der Waals surface area (Å²) >= 11 is 5.04. The molecule has 0 unspecified atom stereocenters. The summed E-state index contributed by atoms with van der Waals surface area (Å²) in [6.45, 7) is 4.24. The van der Waals surface area contributed by atoms with Crippen molar-refractivity contribution >= 4 is 52.1 Å². The normalized spacial score (nSPS) is 16.1. The maximum Gasteiger partial charge on any atom is 0.325 e. The summed E-state index contributed by atoms with van der Waals surface area (Å²) in [6.07, 6.45) is 3.27. The molecule has 3 rings (SSSR count). The van der Waals surface area contributed by atoms with E-state index in [2.05, 4.69) is 5.32 Å². The number of fused-ring (bicyclic) bond motifs is 1. The Morgan fingerprint density at radius 1 is 1.26 bits per heavy atom. The van der Waals surface area contributed by atoms with Gasteiger partial charge in [-0.15, -0.1) is 0 Å². The number of likely N-dealkylation sites (N-methyl/N-ethyl adjacent to an activating group) is 1. The quantitative estimate of drug-likeness (QED) is 0.368. The van der Waals surface area contributed by atoms with Crippen molar-refractivity contribution < 1.29 is 19.1 Å². The summed E-state index contributed by atoms with van der Waals surface area (Å²) in [6, 6.07) is 7.45. The standard InChI is InChI=1S/C19H19N3O4S/c1-3-22-18(25)14(17(24)20-19(22)27)9-12-10-21(11-16(23)26-4-2)15-8-6-5-7-13(12)15/h5-10H,3-4,11H2,1-2H3,(H,20,24,27)/b14-9+. The van der Waals surface area contributed by atoms with Gasteiger partial charge in [-0.05, 0) is 38.2 Å². The zero-order valence-corrected chi connectivity index (χ0v) is 15.8. The Morgan fingerprint density at radius 3 is 2.70 bits per heavy atom. The van der Waals surface area contributed by atoms with Gasteiger partial charge in [-0.25, -0.2) is 0 Å². The van der Waals surface area contributed by atoms with Gasteiger partial charge in [0.15, 0.2) is 5.11 Å². The van der Waals surface area contributed by atoms with E-state index < -0.39 is 11.8 Å². The lowest BCUT2D eigenvalue weighted by molar-refractivity contribution is -0.143. The van der Waals surface area contributed by atoms with Gasteiger partial charge in [0, 0.05) is 29.2 Å². The molecule has 1 fully saturated rings. The maximum absolute atomic E-state index is 12.6. The lowest BCUT2D eigenvalue weighted by atomic mass is 10.1. The molecule has 0 bridgehead atoms. The summed E-state index contributed by atoms with van der Waals surface area (Å²) in [5.41, 5.74) is 1.48. The molecular formula is C19H19N3O4S. The number of esters is 1. The van der Waals surface area contributed by atoms with Gasteiger partial charge in [-0.3, -0.25) is 24.6 Å². The number of carbonyl (C=O) groups is 3. The molecule has 2 heterocycles. The smallest absolute Gasteiger partial charge is 0.325 e. The number of para-hydroxylation sites is 1. The van der Waals surface area contributed by atoms with E-state index in [1.165, 1.54) is 11.0 Å². The van der Waals surface area contributed by atoms with Crippen molar-refractivity contribution in [3.63, 3.8) is 0 Å². The molecule has 2 amide bonds. The molecule has 0 aliphatic carbocycles.